The van der Waals surface area contributed by atoms with E-state index in [1.807, 2.05) is 36.4 Å². The number of amides is 4. The quantitative estimate of drug-likeness (QED) is 0.261. The van der Waals surface area contributed by atoms with Gasteiger partial charge in [-0.15, -0.1) is 0 Å². The highest BCUT2D eigenvalue weighted by atomic mass is 32.2. The second kappa shape index (κ2) is 14.9. The Hall–Kier alpha value is -5.05. The molecule has 2 aliphatic carbocycles. The van der Waals surface area contributed by atoms with E-state index in [0.717, 1.165) is 23.8 Å². The van der Waals surface area contributed by atoms with Crippen molar-refractivity contribution in [1.29, 1.82) is 0 Å². The molecule has 5 atom stereocenters. The Kier molecular flexibility index (Phi) is 10.3. The average molecular weight is 830 g/mol. The van der Waals surface area contributed by atoms with Crippen molar-refractivity contribution >= 4 is 44.7 Å². The van der Waals surface area contributed by atoms with Crippen LogP contribution in [-0.2, 0) is 35.6 Å². The van der Waals surface area contributed by atoms with Gasteiger partial charge in [0.2, 0.25) is 21.8 Å². The van der Waals surface area contributed by atoms with Gasteiger partial charge in [-0.2, -0.15) is 0 Å². The number of para-hydroxylation sites is 1. The van der Waals surface area contributed by atoms with E-state index < -0.39 is 79.1 Å². The fourth-order valence-corrected chi connectivity index (χ4v) is 10.1. The Balaban J connectivity index is 1.18. The summed E-state index contributed by atoms with van der Waals surface area (Å²) in [5.41, 5.74) is -0.999. The van der Waals surface area contributed by atoms with Crippen LogP contribution in [0.1, 0.15) is 97.5 Å². The van der Waals surface area contributed by atoms with Crippen molar-refractivity contribution in [1.82, 2.24) is 25.2 Å². The number of hydrogen-bond acceptors (Lipinski definition) is 9. The van der Waals surface area contributed by atoms with Gasteiger partial charge in [-0.1, -0.05) is 55.3 Å². The monoisotopic (exact) mass is 829 g/mol. The van der Waals surface area contributed by atoms with E-state index in [1.54, 1.807) is 39.8 Å². The molecule has 15 heteroatoms. The first kappa shape index (κ1) is 40.7. The summed E-state index contributed by atoms with van der Waals surface area (Å²) in [5.74, 6) is -2.44. The SMILES string of the molecule is CC(C)(C)OC(=O)N[C@H]1CCCCC/C=C\C2C[C@@]2(C(=O)NS(=O)(=O)C2(C)CC2)NC(=O)[C@@H]2C[C@]3(CCc4c(c(-c5cccc(F)c5)nc5ccccc45)O3)CN2C1=O. The zero-order valence-corrected chi connectivity index (χ0v) is 34.8. The summed E-state index contributed by atoms with van der Waals surface area (Å²) in [5, 5.41) is 6.59. The molecule has 1 unspecified atom stereocenters. The molecule has 3 fully saturated rings. The number of benzene rings is 2. The number of alkyl carbamates (subject to hydrolysis) is 1. The molecular weight excluding hydrogens is 778 g/mol. The van der Waals surface area contributed by atoms with Crippen molar-refractivity contribution in [2.45, 2.75) is 132 Å². The molecule has 1 aromatic heterocycles. The first-order chi connectivity index (χ1) is 27.9. The zero-order chi connectivity index (χ0) is 42.0. The maximum Gasteiger partial charge on any atom is 0.408 e. The minimum atomic E-state index is -4.03. The van der Waals surface area contributed by atoms with Gasteiger partial charge in [-0.3, -0.25) is 19.1 Å². The van der Waals surface area contributed by atoms with Crippen molar-refractivity contribution in [3.8, 4) is 17.0 Å². The van der Waals surface area contributed by atoms with Crippen LogP contribution in [0.25, 0.3) is 22.2 Å². The highest BCUT2D eigenvalue weighted by Gasteiger charge is 2.64. The van der Waals surface area contributed by atoms with Crippen LogP contribution >= 0.6 is 0 Å². The smallest absolute Gasteiger partial charge is 0.408 e. The van der Waals surface area contributed by atoms with E-state index in [-0.39, 0.29) is 25.8 Å². The van der Waals surface area contributed by atoms with Crippen LogP contribution in [0.4, 0.5) is 9.18 Å². The molecule has 2 aromatic carbocycles. The lowest BCUT2D eigenvalue weighted by Gasteiger charge is -2.37. The van der Waals surface area contributed by atoms with Gasteiger partial charge in [0.25, 0.3) is 5.91 Å². The fraction of sp³-hybridized carbons (Fsp3) is 0.523. The summed E-state index contributed by atoms with van der Waals surface area (Å²) < 4.78 is 55.0. The number of rotatable bonds is 5. The number of ether oxygens (including phenoxy) is 2. The van der Waals surface area contributed by atoms with Gasteiger partial charge in [0.05, 0.1) is 16.8 Å². The molecule has 2 saturated carbocycles. The van der Waals surface area contributed by atoms with Gasteiger partial charge < -0.3 is 25.0 Å². The van der Waals surface area contributed by atoms with Gasteiger partial charge in [-0.05, 0) is 97.3 Å². The number of fused-ring (bicyclic) bond motifs is 5. The molecule has 4 heterocycles. The number of halogens is 1. The van der Waals surface area contributed by atoms with Crippen molar-refractivity contribution in [3.63, 3.8) is 0 Å². The molecule has 1 spiro atoms. The number of aryl methyl sites for hydroxylation is 1. The second-order valence-electron chi connectivity index (χ2n) is 18.2. The predicted octanol–water partition coefficient (Wildman–Crippen LogP) is 5.99. The second-order valence-corrected chi connectivity index (χ2v) is 20.4. The molecule has 314 valence electrons. The summed E-state index contributed by atoms with van der Waals surface area (Å²) in [6.07, 6.45) is 8.06. The third kappa shape index (κ3) is 8.02. The Labute approximate surface area is 343 Å². The third-order valence-corrected chi connectivity index (χ3v) is 14.7. The highest BCUT2D eigenvalue weighted by molar-refractivity contribution is 7.91. The number of nitrogens with zero attached hydrogens (tertiary/aromatic N) is 2. The summed E-state index contributed by atoms with van der Waals surface area (Å²) in [6, 6.07) is 11.5. The standard InChI is InChI=1S/C44H52FN5O8S/c1-41(2,3)58-40(54)47-33-18-9-7-5-6-8-14-28-24-44(28,39(53)49-59(55,56)42(4)21-22-42)48-37(51)34-25-43(26-50(34)38(33)52)20-19-31-30-16-10-11-17-32(30)46-35(36(31)57-43)27-13-12-15-29(45)23-27/h8,10-17,23,28,33-34H,5-7,9,18-22,24-26H2,1-4H3,(H,47,54)(H,48,51)(H,49,53)/b14-8-/t28?,33-,34-,43+,44+/m0/s1. The lowest BCUT2D eigenvalue weighted by Crippen LogP contribution is -2.58. The topological polar surface area (TPSA) is 173 Å². The van der Waals surface area contributed by atoms with E-state index in [0.29, 0.717) is 61.0 Å². The largest absolute Gasteiger partial charge is 0.483 e. The van der Waals surface area contributed by atoms with Gasteiger partial charge >= 0.3 is 6.09 Å². The fourth-order valence-electron chi connectivity index (χ4n) is 8.76. The Morgan fingerprint density at radius 3 is 2.56 bits per heavy atom. The summed E-state index contributed by atoms with van der Waals surface area (Å²) in [6.45, 7) is 6.73. The molecule has 3 aromatic rings. The van der Waals surface area contributed by atoms with E-state index in [9.17, 15) is 32.0 Å². The van der Waals surface area contributed by atoms with Crippen LogP contribution in [0.2, 0.25) is 0 Å². The lowest BCUT2D eigenvalue weighted by molar-refractivity contribution is -0.141. The Morgan fingerprint density at radius 2 is 1.81 bits per heavy atom. The maximum atomic E-state index is 14.9. The molecule has 8 rings (SSSR count). The number of sulfonamides is 1. The molecule has 5 aliphatic rings. The predicted molar refractivity (Wildman–Crippen MR) is 218 cm³/mol. The van der Waals surface area contributed by atoms with E-state index in [4.69, 9.17) is 14.5 Å². The van der Waals surface area contributed by atoms with Crippen LogP contribution in [0.5, 0.6) is 5.75 Å². The molecule has 0 bridgehead atoms. The van der Waals surface area contributed by atoms with Gasteiger partial charge in [0.15, 0.2) is 0 Å². The summed E-state index contributed by atoms with van der Waals surface area (Å²) >= 11 is 0. The average Bonchev–Trinajstić information content (AvgIpc) is 4.07. The van der Waals surface area contributed by atoms with Crippen LogP contribution in [-0.4, -0.2) is 82.2 Å². The van der Waals surface area contributed by atoms with E-state index in [1.165, 1.54) is 17.0 Å². The Morgan fingerprint density at radius 1 is 1.03 bits per heavy atom. The molecular formula is C44H52FN5O8S. The first-order valence-corrected chi connectivity index (χ1v) is 22.1. The van der Waals surface area contributed by atoms with Gasteiger partial charge in [-0.25, -0.2) is 22.6 Å². The van der Waals surface area contributed by atoms with Gasteiger partial charge in [0.1, 0.15) is 46.1 Å². The van der Waals surface area contributed by atoms with Crippen LogP contribution in [0.15, 0.2) is 60.7 Å². The molecule has 4 amide bonds. The lowest BCUT2D eigenvalue weighted by atomic mass is 9.86. The number of allylic oxidation sites excluding steroid dienone is 1. The van der Waals surface area contributed by atoms with E-state index >= 15 is 0 Å². The van der Waals surface area contributed by atoms with Crippen LogP contribution < -0.4 is 20.1 Å². The number of pyridine rings is 1. The third-order valence-electron chi connectivity index (χ3n) is 12.5. The van der Waals surface area contributed by atoms with Gasteiger partial charge in [0, 0.05) is 28.9 Å². The number of aromatic nitrogens is 1. The van der Waals surface area contributed by atoms with Crippen molar-refractivity contribution in [2.24, 2.45) is 5.92 Å². The minimum absolute atomic E-state index is 0.0210. The molecule has 3 N–H and O–H groups in total. The van der Waals surface area contributed by atoms with Crippen molar-refractivity contribution < 1.29 is 41.5 Å². The number of carbonyl (C=O) groups excluding carboxylic acids is 4. The highest BCUT2D eigenvalue weighted by Crippen LogP contribution is 2.50. The maximum absolute atomic E-state index is 14.9. The van der Waals surface area contributed by atoms with E-state index in [2.05, 4.69) is 15.4 Å². The molecule has 59 heavy (non-hydrogen) atoms. The molecule has 1 saturated heterocycles. The number of nitrogens with one attached hydrogen (secondary N) is 3. The number of hydrogen-bond donors (Lipinski definition) is 3. The van der Waals surface area contributed by atoms with Crippen LogP contribution in [0, 0.1) is 11.7 Å². The minimum Gasteiger partial charge on any atom is -0.483 e. The molecule has 3 aliphatic heterocycles. The first-order valence-electron chi connectivity index (χ1n) is 20.6. The normalized spacial score (nSPS) is 28.4. The zero-order valence-electron chi connectivity index (χ0n) is 33.9. The summed E-state index contributed by atoms with van der Waals surface area (Å²) in [7, 11) is -4.03. The van der Waals surface area contributed by atoms with Crippen molar-refractivity contribution in [2.75, 3.05) is 6.54 Å². The Bertz CT molecular complexity index is 2360. The molecule has 13 nitrogen and oxygen atoms in total. The molecule has 0 radical (unpaired) electrons. The van der Waals surface area contributed by atoms with Crippen LogP contribution in [0.3, 0.4) is 0 Å². The summed E-state index contributed by atoms with van der Waals surface area (Å²) in [4.78, 5) is 63.3. The van der Waals surface area contributed by atoms with Crippen molar-refractivity contribution in [3.05, 3.63) is 72.1 Å². The number of carbonyl (C=O) groups is 4.